The predicted octanol–water partition coefficient (Wildman–Crippen LogP) is 3.21. The van der Waals surface area contributed by atoms with Gasteiger partial charge in [-0.25, -0.2) is 9.36 Å². The lowest BCUT2D eigenvalue weighted by Crippen LogP contribution is -2.32. The Morgan fingerprint density at radius 3 is 2.35 bits per heavy atom. The molecular weight excluding hydrogens is 326 g/mol. The van der Waals surface area contributed by atoms with E-state index in [1.165, 1.54) is 17.1 Å². The topological polar surface area (TPSA) is 47.2 Å². The summed E-state index contributed by atoms with van der Waals surface area (Å²) in [6.45, 7) is 3.99. The number of hydrogen-bond acceptors (Lipinski definition) is 3. The van der Waals surface area contributed by atoms with Crippen LogP contribution in [0, 0.1) is 0 Å². The van der Waals surface area contributed by atoms with Gasteiger partial charge in [0.2, 0.25) is 5.91 Å². The van der Waals surface area contributed by atoms with E-state index < -0.39 is 0 Å². The summed E-state index contributed by atoms with van der Waals surface area (Å²) in [4.78, 5) is 27.2. The smallest absolute Gasteiger partial charge is 0.295 e. The highest BCUT2D eigenvalue weighted by atomic mass is 16.2. The van der Waals surface area contributed by atoms with Gasteiger partial charge in [-0.1, -0.05) is 48.5 Å². The normalized spacial score (nSPS) is 15.2. The number of fused-ring (bicyclic) bond motifs is 1. The van der Waals surface area contributed by atoms with Crippen molar-refractivity contribution in [2.24, 2.45) is 0 Å². The molecule has 4 rings (SSSR count). The van der Waals surface area contributed by atoms with Crippen LogP contribution in [0.25, 0.3) is 16.7 Å². The third-order valence-corrected chi connectivity index (χ3v) is 4.87. The molecule has 5 heteroatoms. The van der Waals surface area contributed by atoms with Crippen LogP contribution in [-0.4, -0.2) is 33.0 Å². The molecule has 0 N–H and O–H groups in total. The molecular formula is C21H21N3O2. The van der Waals surface area contributed by atoms with Gasteiger partial charge in [-0.05, 0) is 17.7 Å². The lowest BCUT2D eigenvalue weighted by molar-refractivity contribution is 0.0937. The van der Waals surface area contributed by atoms with Gasteiger partial charge in [-0.15, -0.1) is 0 Å². The minimum absolute atomic E-state index is 0.257. The van der Waals surface area contributed by atoms with Crippen LogP contribution in [0.3, 0.4) is 0 Å². The largest absolute Gasteiger partial charge is 0.340 e. The summed E-state index contributed by atoms with van der Waals surface area (Å²) in [6.07, 6.45) is 2.88. The molecule has 0 saturated carbocycles. The molecule has 0 bridgehead atoms. The first-order valence-corrected chi connectivity index (χ1v) is 8.84. The van der Waals surface area contributed by atoms with E-state index in [1.54, 1.807) is 4.57 Å². The molecule has 0 spiro atoms. The molecule has 0 fully saturated rings. The Balaban J connectivity index is 1.66. The second-order valence-electron chi connectivity index (χ2n) is 6.63. The summed E-state index contributed by atoms with van der Waals surface area (Å²) in [6, 6.07) is 17.8. The molecule has 0 unspecified atom stereocenters. The van der Waals surface area contributed by atoms with Crippen molar-refractivity contribution < 1.29 is 4.79 Å². The molecule has 132 valence electrons. The van der Waals surface area contributed by atoms with Crippen molar-refractivity contribution in [1.29, 1.82) is 0 Å². The van der Waals surface area contributed by atoms with E-state index in [2.05, 4.69) is 35.2 Å². The maximum atomic E-state index is 12.9. The molecule has 2 aromatic carbocycles. The first-order valence-electron chi connectivity index (χ1n) is 8.84. The molecule has 0 radical (unpaired) electrons. The van der Waals surface area contributed by atoms with E-state index in [-0.39, 0.29) is 11.6 Å². The van der Waals surface area contributed by atoms with Gasteiger partial charge in [-0.3, -0.25) is 14.3 Å². The molecule has 5 nitrogen and oxygen atoms in total. The minimum atomic E-state index is -0.276. The number of hydrogen-bond donors (Lipinski definition) is 0. The number of imidazole rings is 1. The Morgan fingerprint density at radius 1 is 1.00 bits per heavy atom. The van der Waals surface area contributed by atoms with Gasteiger partial charge < -0.3 is 0 Å². The number of aromatic nitrogens is 2. The zero-order valence-corrected chi connectivity index (χ0v) is 14.8. The van der Waals surface area contributed by atoms with Crippen molar-refractivity contribution in [3.05, 3.63) is 76.7 Å². The van der Waals surface area contributed by atoms with Gasteiger partial charge in [-0.2, -0.15) is 0 Å². The SMILES string of the molecule is CC(=O)n1c(=O)n(C2=CCN(Cc3ccccc3)CC2)c2ccccc21. The fraction of sp³-hybridized carbons (Fsp3) is 0.238. The number of carbonyl (C=O) groups is 1. The van der Waals surface area contributed by atoms with Gasteiger partial charge in [0.25, 0.3) is 0 Å². The van der Waals surface area contributed by atoms with E-state index in [0.717, 1.165) is 37.3 Å². The monoisotopic (exact) mass is 347 g/mol. The molecule has 0 amide bonds. The van der Waals surface area contributed by atoms with Crippen LogP contribution in [0.2, 0.25) is 0 Å². The number of rotatable bonds is 3. The Hall–Kier alpha value is -2.92. The van der Waals surface area contributed by atoms with E-state index in [1.807, 2.05) is 30.3 Å². The zero-order chi connectivity index (χ0) is 18.1. The molecule has 2 heterocycles. The molecule has 0 aliphatic carbocycles. The van der Waals surface area contributed by atoms with Gasteiger partial charge in [0, 0.05) is 38.7 Å². The van der Waals surface area contributed by atoms with Gasteiger partial charge in [0.1, 0.15) is 0 Å². The maximum absolute atomic E-state index is 12.9. The molecule has 26 heavy (non-hydrogen) atoms. The van der Waals surface area contributed by atoms with Crippen LogP contribution in [0.4, 0.5) is 0 Å². The van der Waals surface area contributed by atoms with E-state index >= 15 is 0 Å². The second-order valence-corrected chi connectivity index (χ2v) is 6.63. The summed E-state index contributed by atoms with van der Waals surface area (Å²) in [5.41, 5.74) is 3.43. The lowest BCUT2D eigenvalue weighted by Gasteiger charge is -2.26. The van der Waals surface area contributed by atoms with Crippen molar-refractivity contribution in [3.63, 3.8) is 0 Å². The van der Waals surface area contributed by atoms with E-state index in [9.17, 15) is 9.59 Å². The van der Waals surface area contributed by atoms with Gasteiger partial charge in [0.05, 0.1) is 11.0 Å². The Kier molecular flexibility index (Phi) is 4.31. The number of para-hydroxylation sites is 2. The van der Waals surface area contributed by atoms with Crippen LogP contribution >= 0.6 is 0 Å². The fourth-order valence-electron chi connectivity index (χ4n) is 3.62. The number of benzene rings is 2. The van der Waals surface area contributed by atoms with Crippen LogP contribution in [-0.2, 0) is 6.54 Å². The summed E-state index contributed by atoms with van der Waals surface area (Å²) >= 11 is 0. The maximum Gasteiger partial charge on any atom is 0.340 e. The predicted molar refractivity (Wildman–Crippen MR) is 103 cm³/mol. The van der Waals surface area contributed by atoms with Crippen molar-refractivity contribution in [2.75, 3.05) is 13.1 Å². The minimum Gasteiger partial charge on any atom is -0.295 e. The molecule has 3 aromatic rings. The average Bonchev–Trinajstić information content (AvgIpc) is 2.95. The molecule has 0 saturated heterocycles. The molecule has 0 atom stereocenters. The summed E-state index contributed by atoms with van der Waals surface area (Å²) in [5, 5.41) is 0. The summed E-state index contributed by atoms with van der Waals surface area (Å²) in [7, 11) is 0. The fourth-order valence-corrected chi connectivity index (χ4v) is 3.62. The van der Waals surface area contributed by atoms with Crippen molar-refractivity contribution in [2.45, 2.75) is 19.9 Å². The summed E-state index contributed by atoms with van der Waals surface area (Å²) < 4.78 is 2.95. The highest BCUT2D eigenvalue weighted by Gasteiger charge is 2.20. The van der Waals surface area contributed by atoms with Gasteiger partial charge in [0.15, 0.2) is 0 Å². The first-order chi connectivity index (χ1) is 12.6. The lowest BCUT2D eigenvalue weighted by atomic mass is 10.1. The third kappa shape index (κ3) is 2.91. The average molecular weight is 347 g/mol. The first kappa shape index (κ1) is 16.5. The quantitative estimate of drug-likeness (QED) is 0.731. The van der Waals surface area contributed by atoms with Gasteiger partial charge >= 0.3 is 5.69 Å². The molecule has 1 aromatic heterocycles. The number of nitrogens with zero attached hydrogens (tertiary/aromatic N) is 3. The van der Waals surface area contributed by atoms with Crippen molar-refractivity contribution in [3.8, 4) is 0 Å². The standard InChI is InChI=1S/C21H21N3O2/c1-16(25)23-19-9-5-6-10-20(19)24(21(23)26)18-11-13-22(14-12-18)15-17-7-3-2-4-8-17/h2-11H,12-15H2,1H3. The number of carbonyl (C=O) groups excluding carboxylic acids is 1. The molecule has 1 aliphatic rings. The Morgan fingerprint density at radius 2 is 1.69 bits per heavy atom. The Labute approximate surface area is 151 Å². The van der Waals surface area contributed by atoms with Crippen LogP contribution in [0.5, 0.6) is 0 Å². The molecule has 1 aliphatic heterocycles. The third-order valence-electron chi connectivity index (χ3n) is 4.87. The van der Waals surface area contributed by atoms with Crippen LogP contribution in [0.15, 0.2) is 65.5 Å². The van der Waals surface area contributed by atoms with Crippen molar-refractivity contribution >= 4 is 22.6 Å². The highest BCUT2D eigenvalue weighted by Crippen LogP contribution is 2.22. The van der Waals surface area contributed by atoms with Crippen LogP contribution in [0.1, 0.15) is 23.7 Å². The highest BCUT2D eigenvalue weighted by molar-refractivity contribution is 5.90. The van der Waals surface area contributed by atoms with E-state index in [4.69, 9.17) is 0 Å². The summed E-state index contributed by atoms with van der Waals surface area (Å²) in [5.74, 6) is -0.257. The zero-order valence-electron chi connectivity index (χ0n) is 14.8. The van der Waals surface area contributed by atoms with Crippen LogP contribution < -0.4 is 5.69 Å². The Bertz CT molecular complexity index is 1040. The van der Waals surface area contributed by atoms with Crippen molar-refractivity contribution in [1.82, 2.24) is 14.0 Å². The second kappa shape index (κ2) is 6.77. The van der Waals surface area contributed by atoms with E-state index in [0.29, 0.717) is 5.52 Å².